The first-order chi connectivity index (χ1) is 13.0. The summed E-state index contributed by atoms with van der Waals surface area (Å²) in [5.74, 6) is -0.447. The average Bonchev–Trinajstić information content (AvgIpc) is 3.24. The highest BCUT2D eigenvalue weighted by Gasteiger charge is 2.17. The van der Waals surface area contributed by atoms with Crippen molar-refractivity contribution in [3.05, 3.63) is 71.0 Å². The van der Waals surface area contributed by atoms with Crippen LogP contribution in [0, 0.1) is 12.7 Å². The number of thiophene rings is 1. The molecule has 0 radical (unpaired) electrons. The van der Waals surface area contributed by atoms with Crippen molar-refractivity contribution >= 4 is 44.9 Å². The van der Waals surface area contributed by atoms with Gasteiger partial charge in [-0.2, -0.15) is 5.10 Å². The van der Waals surface area contributed by atoms with Crippen molar-refractivity contribution in [1.29, 1.82) is 0 Å². The van der Waals surface area contributed by atoms with Crippen LogP contribution in [-0.2, 0) is 0 Å². The number of benzene rings is 2. The number of anilines is 1. The fourth-order valence-electron chi connectivity index (χ4n) is 2.81. The number of carbonyl (C=O) groups is 1. The van der Waals surface area contributed by atoms with Crippen LogP contribution in [0.5, 0.6) is 0 Å². The molecule has 0 fully saturated rings. The van der Waals surface area contributed by atoms with Crippen LogP contribution in [0.2, 0.25) is 0 Å². The van der Waals surface area contributed by atoms with E-state index in [1.807, 2.05) is 43.5 Å². The van der Waals surface area contributed by atoms with Gasteiger partial charge in [0.15, 0.2) is 0 Å². The van der Waals surface area contributed by atoms with Crippen LogP contribution in [-0.4, -0.2) is 21.9 Å². The van der Waals surface area contributed by atoms with Gasteiger partial charge < -0.3 is 5.32 Å². The summed E-state index contributed by atoms with van der Waals surface area (Å²) in [5.41, 5.74) is 2.35. The fourth-order valence-corrected chi connectivity index (χ4v) is 4.35. The molecule has 7 heteroatoms. The minimum Gasteiger partial charge on any atom is -0.321 e. The molecule has 0 aliphatic heterocycles. The molecular formula is C20H16FN3OS2. The molecule has 1 N–H and O–H groups in total. The van der Waals surface area contributed by atoms with Gasteiger partial charge in [0.05, 0.1) is 16.3 Å². The van der Waals surface area contributed by atoms with Crippen LogP contribution < -0.4 is 5.32 Å². The summed E-state index contributed by atoms with van der Waals surface area (Å²) in [4.78, 5) is 15.3. The lowest BCUT2D eigenvalue weighted by atomic mass is 10.3. The van der Waals surface area contributed by atoms with Crippen molar-refractivity contribution in [1.82, 2.24) is 9.78 Å². The molecule has 4 rings (SSSR count). The number of rotatable bonds is 4. The Hall–Kier alpha value is -2.64. The van der Waals surface area contributed by atoms with Gasteiger partial charge in [-0.25, -0.2) is 9.07 Å². The number of amides is 1. The molecule has 27 heavy (non-hydrogen) atoms. The number of aromatic nitrogens is 2. The lowest BCUT2D eigenvalue weighted by molar-refractivity contribution is 0.103. The predicted molar refractivity (Wildman–Crippen MR) is 110 cm³/mol. The maximum Gasteiger partial charge on any atom is 0.265 e. The summed E-state index contributed by atoms with van der Waals surface area (Å²) in [7, 11) is 0. The zero-order chi connectivity index (χ0) is 19.0. The first-order valence-corrected chi connectivity index (χ1v) is 10.3. The van der Waals surface area contributed by atoms with Crippen molar-refractivity contribution in [3.63, 3.8) is 0 Å². The third-order valence-electron chi connectivity index (χ3n) is 4.17. The van der Waals surface area contributed by atoms with E-state index >= 15 is 0 Å². The molecule has 4 aromatic rings. The largest absolute Gasteiger partial charge is 0.321 e. The molecule has 2 aromatic heterocycles. The van der Waals surface area contributed by atoms with E-state index < -0.39 is 0 Å². The molecule has 0 saturated carbocycles. The highest BCUT2D eigenvalue weighted by Crippen LogP contribution is 2.31. The number of thioether (sulfide) groups is 1. The average molecular weight is 398 g/mol. The topological polar surface area (TPSA) is 46.9 Å². The maximum atomic E-state index is 13.2. The van der Waals surface area contributed by atoms with Gasteiger partial charge in [0.25, 0.3) is 5.91 Å². The van der Waals surface area contributed by atoms with E-state index in [-0.39, 0.29) is 11.7 Å². The monoisotopic (exact) mass is 397 g/mol. The molecule has 0 saturated heterocycles. The van der Waals surface area contributed by atoms with Gasteiger partial charge in [-0.05, 0) is 61.7 Å². The van der Waals surface area contributed by atoms with Gasteiger partial charge in [0.2, 0.25) is 0 Å². The highest BCUT2D eigenvalue weighted by molar-refractivity contribution is 7.98. The third-order valence-corrected chi connectivity index (χ3v) is 6.00. The Labute approximate surface area is 164 Å². The van der Waals surface area contributed by atoms with Crippen LogP contribution in [0.1, 0.15) is 15.4 Å². The molecule has 0 aliphatic rings. The molecule has 0 atom stereocenters. The number of hydrogen-bond acceptors (Lipinski definition) is 4. The second kappa shape index (κ2) is 7.17. The summed E-state index contributed by atoms with van der Waals surface area (Å²) in [6.07, 6.45) is 2.00. The molecule has 0 aliphatic carbocycles. The summed E-state index contributed by atoms with van der Waals surface area (Å²) in [5, 5.41) is 8.40. The van der Waals surface area contributed by atoms with Crippen LogP contribution in [0.15, 0.2) is 59.5 Å². The van der Waals surface area contributed by atoms with Gasteiger partial charge in [-0.15, -0.1) is 23.1 Å². The first-order valence-electron chi connectivity index (χ1n) is 8.25. The lowest BCUT2D eigenvalue weighted by Gasteiger charge is -2.05. The molecule has 4 nitrogen and oxygen atoms in total. The molecule has 0 bridgehead atoms. The number of hydrogen-bond donors (Lipinski definition) is 1. The Morgan fingerprint density at radius 1 is 1.19 bits per heavy atom. The second-order valence-electron chi connectivity index (χ2n) is 5.99. The minimum atomic E-state index is -0.294. The maximum absolute atomic E-state index is 13.2. The third kappa shape index (κ3) is 3.48. The normalized spacial score (nSPS) is 11.1. The second-order valence-corrected chi connectivity index (χ2v) is 7.90. The number of aryl methyl sites for hydroxylation is 1. The Morgan fingerprint density at radius 2 is 1.96 bits per heavy atom. The van der Waals surface area contributed by atoms with Crippen molar-refractivity contribution in [2.24, 2.45) is 0 Å². The first kappa shape index (κ1) is 17.8. The zero-order valence-electron chi connectivity index (χ0n) is 14.7. The summed E-state index contributed by atoms with van der Waals surface area (Å²) < 4.78 is 15.0. The number of fused-ring (bicyclic) bond motifs is 1. The minimum absolute atomic E-state index is 0.153. The zero-order valence-corrected chi connectivity index (χ0v) is 16.3. The lowest BCUT2D eigenvalue weighted by Crippen LogP contribution is -2.10. The van der Waals surface area contributed by atoms with Crippen LogP contribution in [0.3, 0.4) is 0 Å². The summed E-state index contributed by atoms with van der Waals surface area (Å²) in [6, 6.07) is 15.7. The molecular weight excluding hydrogens is 381 g/mol. The van der Waals surface area contributed by atoms with Gasteiger partial charge in [-0.3, -0.25) is 4.79 Å². The van der Waals surface area contributed by atoms with E-state index in [0.717, 1.165) is 32.2 Å². The quantitative estimate of drug-likeness (QED) is 0.462. The van der Waals surface area contributed by atoms with E-state index in [0.29, 0.717) is 4.88 Å². The number of nitrogens with zero attached hydrogens (tertiary/aromatic N) is 2. The van der Waals surface area contributed by atoms with E-state index in [2.05, 4.69) is 10.4 Å². The standard InChI is InChI=1S/C20H16FN3OS2/c1-12-17-11-18(19(25)22-14-4-3-5-16(10-14)26-2)27-20(17)24(23-12)15-8-6-13(21)7-9-15/h3-11H,1-2H3,(H,22,25). The van der Waals surface area contributed by atoms with E-state index in [4.69, 9.17) is 0 Å². The van der Waals surface area contributed by atoms with Crippen molar-refractivity contribution in [2.75, 3.05) is 11.6 Å². The fraction of sp³-hybridized carbons (Fsp3) is 0.100. The smallest absolute Gasteiger partial charge is 0.265 e. The highest BCUT2D eigenvalue weighted by atomic mass is 32.2. The van der Waals surface area contributed by atoms with Crippen molar-refractivity contribution in [3.8, 4) is 5.69 Å². The van der Waals surface area contributed by atoms with E-state index in [1.54, 1.807) is 28.6 Å². The van der Waals surface area contributed by atoms with Gasteiger partial charge in [0.1, 0.15) is 10.6 Å². The van der Waals surface area contributed by atoms with Crippen molar-refractivity contribution in [2.45, 2.75) is 11.8 Å². The Bertz CT molecular complexity index is 1130. The molecule has 0 unspecified atom stereocenters. The Morgan fingerprint density at radius 3 is 2.70 bits per heavy atom. The van der Waals surface area contributed by atoms with E-state index in [9.17, 15) is 9.18 Å². The molecule has 1 amide bonds. The predicted octanol–water partition coefficient (Wildman–Crippen LogP) is 5.51. The van der Waals surface area contributed by atoms with Gasteiger partial charge in [0, 0.05) is 16.0 Å². The SMILES string of the molecule is CSc1cccc(NC(=O)c2cc3c(C)nn(-c4ccc(F)cc4)c3s2)c1. The number of nitrogens with one attached hydrogen (secondary N) is 1. The Balaban J connectivity index is 1.68. The van der Waals surface area contributed by atoms with Crippen LogP contribution in [0.25, 0.3) is 15.9 Å². The van der Waals surface area contributed by atoms with Crippen molar-refractivity contribution < 1.29 is 9.18 Å². The van der Waals surface area contributed by atoms with Crippen LogP contribution >= 0.6 is 23.1 Å². The molecule has 0 spiro atoms. The number of carbonyl (C=O) groups excluding carboxylic acids is 1. The van der Waals surface area contributed by atoms with Gasteiger partial charge in [-0.1, -0.05) is 6.07 Å². The van der Waals surface area contributed by atoms with Gasteiger partial charge >= 0.3 is 0 Å². The Kier molecular flexibility index (Phi) is 4.72. The van der Waals surface area contributed by atoms with E-state index in [1.165, 1.54) is 23.5 Å². The van der Waals surface area contributed by atoms with Crippen LogP contribution in [0.4, 0.5) is 10.1 Å². The summed E-state index contributed by atoms with van der Waals surface area (Å²) >= 11 is 3.00. The number of halogens is 1. The molecule has 136 valence electrons. The molecule has 2 aromatic carbocycles. The summed E-state index contributed by atoms with van der Waals surface area (Å²) in [6.45, 7) is 1.90. The molecule has 2 heterocycles.